The highest BCUT2D eigenvalue weighted by atomic mass is 32.2. The molecular weight excluding hydrogens is 733 g/mol. The molecule has 2 aromatic rings. The van der Waals surface area contributed by atoms with Crippen molar-refractivity contribution in [1.29, 1.82) is 0 Å². The third-order valence-electron chi connectivity index (χ3n) is 6.29. The van der Waals surface area contributed by atoms with E-state index >= 15 is 0 Å². The molecule has 0 radical (unpaired) electrons. The third kappa shape index (κ3) is 10.9. The molecule has 24 heteroatoms. The number of rotatable bonds is 14. The summed E-state index contributed by atoms with van der Waals surface area (Å²) in [5.74, 6) is -2.59. The van der Waals surface area contributed by atoms with Gasteiger partial charge >= 0.3 is 18.2 Å². The fourth-order valence-electron chi connectivity index (χ4n) is 4.31. The Morgan fingerprint density at radius 2 is 1.75 bits per heavy atom. The highest BCUT2D eigenvalue weighted by Crippen LogP contribution is 2.41. The summed E-state index contributed by atoms with van der Waals surface area (Å²) in [5, 5.41) is 32.9. The summed E-state index contributed by atoms with van der Waals surface area (Å²) < 4.78 is 15.8. The van der Waals surface area contributed by atoms with Gasteiger partial charge in [-0.25, -0.2) is 19.1 Å². The van der Waals surface area contributed by atoms with Gasteiger partial charge in [0.2, 0.25) is 16.7 Å². The number of hydrogen-bond donors (Lipinski definition) is 5. The molecule has 0 spiro atoms. The number of ether oxygens (including phenoxy) is 2. The number of aliphatic carboxylic acids is 1. The summed E-state index contributed by atoms with van der Waals surface area (Å²) in [6.07, 6.45) is -1.25. The molecule has 0 saturated carbocycles. The number of thioether (sulfide) groups is 2. The van der Waals surface area contributed by atoms with E-state index in [9.17, 15) is 29.1 Å². The Hall–Kier alpha value is -4.71. The van der Waals surface area contributed by atoms with Gasteiger partial charge in [-0.05, 0) is 57.5 Å². The van der Waals surface area contributed by atoms with E-state index in [4.69, 9.17) is 20.0 Å². The Kier molecular flexibility index (Phi) is 12.7. The van der Waals surface area contributed by atoms with Gasteiger partial charge < -0.3 is 41.1 Å². The van der Waals surface area contributed by atoms with Crippen molar-refractivity contribution in [1.82, 2.24) is 50.4 Å². The Morgan fingerprint density at radius 3 is 2.35 bits per heavy atom. The Labute approximate surface area is 304 Å². The van der Waals surface area contributed by atoms with Crippen LogP contribution < -0.4 is 21.7 Å². The van der Waals surface area contributed by atoms with Gasteiger partial charge in [-0.3, -0.25) is 14.5 Å². The van der Waals surface area contributed by atoms with E-state index < -0.39 is 52.6 Å². The monoisotopic (exact) mass is 770 g/mol. The number of fused-ring (bicyclic) bond motifs is 1. The van der Waals surface area contributed by atoms with Crippen molar-refractivity contribution in [3.8, 4) is 0 Å². The number of carbonyl (C=O) groups excluding carboxylic acids is 4. The molecule has 51 heavy (non-hydrogen) atoms. The molecule has 4 heterocycles. The van der Waals surface area contributed by atoms with E-state index in [0.29, 0.717) is 10.7 Å². The summed E-state index contributed by atoms with van der Waals surface area (Å²) in [6, 6.07) is -1.09. The molecule has 0 aromatic carbocycles. The average molecular weight is 771 g/mol. The molecule has 0 aliphatic carbocycles. The highest BCUT2D eigenvalue weighted by Gasteiger charge is 2.54. The second-order valence-corrected chi connectivity index (χ2v) is 15.5. The number of nitrogens with two attached hydrogens (primary N) is 1. The minimum atomic E-state index is -1.31. The van der Waals surface area contributed by atoms with Gasteiger partial charge in [0, 0.05) is 29.6 Å². The van der Waals surface area contributed by atoms with E-state index in [0.717, 1.165) is 16.4 Å². The van der Waals surface area contributed by atoms with Crippen molar-refractivity contribution in [3.63, 3.8) is 0 Å². The molecule has 0 bridgehead atoms. The van der Waals surface area contributed by atoms with Crippen LogP contribution in [0.2, 0.25) is 0 Å². The maximum Gasteiger partial charge on any atom is 0.407 e. The molecule has 2 atom stereocenters. The number of alkyl carbamates (subject to hydrolysis) is 2. The van der Waals surface area contributed by atoms with Crippen LogP contribution in [-0.2, 0) is 35.2 Å². The number of carboxylic acids is 1. The van der Waals surface area contributed by atoms with Gasteiger partial charge in [0.05, 0.1) is 13.1 Å². The number of nitrogens with one attached hydrogen (secondary N) is 3. The number of amides is 4. The largest absolute Gasteiger partial charge is 0.477 e. The lowest BCUT2D eigenvalue weighted by molar-refractivity contribution is -0.150. The molecule has 6 N–H and O–H groups in total. The minimum absolute atomic E-state index is 0.000128. The van der Waals surface area contributed by atoms with Crippen LogP contribution in [0.4, 0.5) is 14.7 Å². The predicted molar refractivity (Wildman–Crippen MR) is 184 cm³/mol. The number of hydrogen-bond acceptors (Lipinski definition) is 18. The lowest BCUT2D eigenvalue weighted by Crippen LogP contribution is -2.71. The molecule has 278 valence electrons. The summed E-state index contributed by atoms with van der Waals surface area (Å²) in [5.41, 5.74) is 4.22. The van der Waals surface area contributed by atoms with Gasteiger partial charge in [-0.2, -0.15) is 9.36 Å². The molecule has 2 aliphatic heterocycles. The van der Waals surface area contributed by atoms with Gasteiger partial charge in [-0.15, -0.1) is 16.9 Å². The van der Waals surface area contributed by atoms with Gasteiger partial charge in [-0.1, -0.05) is 16.9 Å². The number of nitrogens with zero attached hydrogens (tertiary/aromatic N) is 8. The molecular formula is C27H38N12O9S3. The van der Waals surface area contributed by atoms with Crippen molar-refractivity contribution in [2.75, 3.05) is 36.9 Å². The normalized spacial score (nSPS) is 17.6. The molecule has 4 rings (SSSR count). The van der Waals surface area contributed by atoms with Crippen LogP contribution in [0.25, 0.3) is 0 Å². The number of tetrazole rings is 1. The zero-order chi connectivity index (χ0) is 37.5. The number of anilines is 1. The fourth-order valence-corrected chi connectivity index (χ4v) is 7.14. The first kappa shape index (κ1) is 39.1. The Bertz CT molecular complexity index is 1700. The van der Waals surface area contributed by atoms with Crippen molar-refractivity contribution < 1.29 is 43.4 Å². The standard InChI is InChI=1S/C27H38N12O9S3/c1-26(2,3)47-24(44)29-7-9-38-23(33-36-37-38)50-12-13-11-49-20-15(19(41)39(20)16(13)21(42)43)31-18(40)14(17-32-22(28)51-35-17)34-46-10-8-30-25(45)48-27(4,5)6/h15,20H,7-12H2,1-6H3,(H,29,44)(H,30,45)(H,31,40)(H,42,43)(H2,28,32,35)/t15?,20-/m1/s1. The molecule has 1 saturated heterocycles. The first-order valence-corrected chi connectivity index (χ1v) is 18.1. The number of carbonyl (C=O) groups is 5. The van der Waals surface area contributed by atoms with Gasteiger partial charge in [0.1, 0.15) is 34.9 Å². The van der Waals surface area contributed by atoms with Gasteiger partial charge in [0.25, 0.3) is 11.8 Å². The highest BCUT2D eigenvalue weighted by molar-refractivity contribution is 8.01. The van der Waals surface area contributed by atoms with Crippen LogP contribution in [0.3, 0.4) is 0 Å². The maximum atomic E-state index is 13.3. The predicted octanol–water partition coefficient (Wildman–Crippen LogP) is 0.408. The van der Waals surface area contributed by atoms with E-state index in [2.05, 4.69) is 46.0 Å². The summed E-state index contributed by atoms with van der Waals surface area (Å²) in [4.78, 5) is 73.1. The quantitative estimate of drug-likeness (QED) is 0.0572. The lowest BCUT2D eigenvalue weighted by atomic mass is 10.0. The second kappa shape index (κ2) is 16.5. The molecule has 2 aliphatic rings. The van der Waals surface area contributed by atoms with Crippen LogP contribution >= 0.6 is 35.1 Å². The van der Waals surface area contributed by atoms with Crippen LogP contribution in [0.1, 0.15) is 47.4 Å². The van der Waals surface area contributed by atoms with E-state index in [1.165, 1.54) is 28.2 Å². The van der Waals surface area contributed by atoms with E-state index in [-0.39, 0.29) is 60.1 Å². The van der Waals surface area contributed by atoms with Crippen molar-refractivity contribution in [2.24, 2.45) is 5.16 Å². The summed E-state index contributed by atoms with van der Waals surface area (Å²) >= 11 is 3.24. The Balaban J connectivity index is 1.36. The summed E-state index contributed by atoms with van der Waals surface area (Å²) in [6.45, 7) is 10.6. The smallest absolute Gasteiger partial charge is 0.407 e. The fraction of sp³-hybridized carbons (Fsp3) is 0.593. The van der Waals surface area contributed by atoms with Crippen LogP contribution in [0.15, 0.2) is 21.6 Å². The number of nitrogen functional groups attached to an aromatic ring is 1. The molecule has 1 fully saturated rings. The van der Waals surface area contributed by atoms with Crippen LogP contribution in [0.5, 0.6) is 0 Å². The number of oxime groups is 1. The molecule has 2 aromatic heterocycles. The Morgan fingerprint density at radius 1 is 1.08 bits per heavy atom. The molecule has 21 nitrogen and oxygen atoms in total. The van der Waals surface area contributed by atoms with Crippen molar-refractivity contribution >= 4 is 75.9 Å². The zero-order valence-corrected chi connectivity index (χ0v) is 30.9. The average Bonchev–Trinajstić information content (AvgIpc) is 3.66. The minimum Gasteiger partial charge on any atom is -0.477 e. The van der Waals surface area contributed by atoms with Gasteiger partial charge in [0.15, 0.2) is 5.13 Å². The van der Waals surface area contributed by atoms with E-state index in [1.54, 1.807) is 41.5 Å². The topological polar surface area (TPSA) is 280 Å². The van der Waals surface area contributed by atoms with Crippen LogP contribution in [0, 0.1) is 0 Å². The van der Waals surface area contributed by atoms with Crippen LogP contribution in [-0.4, -0.2) is 129 Å². The first-order chi connectivity index (χ1) is 23.9. The summed E-state index contributed by atoms with van der Waals surface area (Å²) in [7, 11) is 0. The molecule has 4 amide bonds. The van der Waals surface area contributed by atoms with E-state index in [1.807, 2.05) is 0 Å². The zero-order valence-electron chi connectivity index (χ0n) is 28.5. The number of aromatic nitrogens is 6. The van der Waals surface area contributed by atoms with Crippen molar-refractivity contribution in [3.05, 3.63) is 17.1 Å². The molecule has 1 unspecified atom stereocenters. The SMILES string of the molecule is CC(C)(C)OC(=O)NCCON=C(C(=O)NC1C(=O)N2C(C(=O)O)=C(CSc3nnnn3CCNC(=O)OC(C)(C)C)CS[C@H]12)c1nsc(N)n1. The number of carboxylic acid groups (broad SMARTS) is 1. The lowest BCUT2D eigenvalue weighted by Gasteiger charge is -2.49. The van der Waals surface area contributed by atoms with Crippen molar-refractivity contribution in [2.45, 2.75) is 75.9 Å². The number of β-lactam (4-membered cyclic amide) rings is 1. The second-order valence-electron chi connectivity index (χ2n) is 12.7. The first-order valence-electron chi connectivity index (χ1n) is 15.3. The third-order valence-corrected chi connectivity index (χ3v) is 9.21. The maximum absolute atomic E-state index is 13.3.